The second-order valence-corrected chi connectivity index (χ2v) is 2.98. The van der Waals surface area contributed by atoms with Gasteiger partial charge in [0.25, 0.3) is 0 Å². The number of hydrogen-bond acceptors (Lipinski definition) is 3. The highest BCUT2D eigenvalue weighted by Crippen LogP contribution is 2.09. The number of aliphatic hydroxyl groups is 1. The number of nitrogens with one attached hydrogen (secondary N) is 1. The molecular formula is C9H19NO3. The van der Waals surface area contributed by atoms with E-state index in [9.17, 15) is 9.90 Å². The topological polar surface area (TPSA) is 58.6 Å². The Morgan fingerprint density at radius 2 is 2.08 bits per heavy atom. The summed E-state index contributed by atoms with van der Waals surface area (Å²) < 4.78 is 5.01. The quantitative estimate of drug-likeness (QED) is 0.685. The smallest absolute Gasteiger partial charge is 0.407 e. The lowest BCUT2D eigenvalue weighted by molar-refractivity contribution is 0.0517. The van der Waals surface area contributed by atoms with Crippen molar-refractivity contribution < 1.29 is 14.6 Å². The van der Waals surface area contributed by atoms with Crippen molar-refractivity contribution in [1.29, 1.82) is 0 Å². The van der Waals surface area contributed by atoms with E-state index in [0.29, 0.717) is 12.8 Å². The van der Waals surface area contributed by atoms with Crippen molar-refractivity contribution >= 4 is 6.09 Å². The molecule has 0 aliphatic carbocycles. The second-order valence-electron chi connectivity index (χ2n) is 2.98. The minimum absolute atomic E-state index is 0.185. The van der Waals surface area contributed by atoms with Gasteiger partial charge in [-0.05, 0) is 12.8 Å². The van der Waals surface area contributed by atoms with E-state index in [0.717, 1.165) is 6.42 Å². The van der Waals surface area contributed by atoms with E-state index in [2.05, 4.69) is 5.32 Å². The van der Waals surface area contributed by atoms with Gasteiger partial charge in [0, 0.05) is 13.5 Å². The predicted molar refractivity (Wildman–Crippen MR) is 50.5 cm³/mol. The molecule has 0 aromatic carbocycles. The summed E-state index contributed by atoms with van der Waals surface area (Å²) in [4.78, 5) is 10.8. The first-order valence-electron chi connectivity index (χ1n) is 4.70. The van der Waals surface area contributed by atoms with Crippen LogP contribution in [-0.2, 0) is 4.74 Å². The minimum atomic E-state index is -0.435. The van der Waals surface area contributed by atoms with Crippen LogP contribution in [0, 0.1) is 0 Å². The molecule has 0 spiro atoms. The summed E-state index contributed by atoms with van der Waals surface area (Å²) in [5.74, 6) is 0. The molecule has 0 radical (unpaired) electrons. The van der Waals surface area contributed by atoms with Gasteiger partial charge >= 0.3 is 6.09 Å². The molecule has 0 aromatic heterocycles. The zero-order valence-electron chi connectivity index (χ0n) is 8.54. The molecule has 0 fully saturated rings. The van der Waals surface area contributed by atoms with Gasteiger partial charge in [-0.15, -0.1) is 0 Å². The van der Waals surface area contributed by atoms with Crippen molar-refractivity contribution in [3.8, 4) is 0 Å². The van der Waals surface area contributed by atoms with Crippen LogP contribution in [0.25, 0.3) is 0 Å². The molecule has 0 aromatic rings. The molecule has 0 heterocycles. The third-order valence-electron chi connectivity index (χ3n) is 1.94. The number of amides is 1. The van der Waals surface area contributed by atoms with Gasteiger partial charge in [0.1, 0.15) is 6.10 Å². The highest BCUT2D eigenvalue weighted by atomic mass is 16.6. The lowest BCUT2D eigenvalue weighted by Gasteiger charge is -2.18. The normalized spacial score (nSPS) is 14.8. The molecule has 4 heteroatoms. The number of ether oxygens (including phenoxy) is 1. The van der Waals surface area contributed by atoms with Crippen LogP contribution < -0.4 is 5.32 Å². The molecule has 2 unspecified atom stereocenters. The average Bonchev–Trinajstić information content (AvgIpc) is 2.16. The Morgan fingerprint density at radius 3 is 2.46 bits per heavy atom. The largest absolute Gasteiger partial charge is 0.446 e. The van der Waals surface area contributed by atoms with Crippen molar-refractivity contribution in [1.82, 2.24) is 5.32 Å². The number of carbonyl (C=O) groups is 1. The van der Waals surface area contributed by atoms with E-state index in [1.165, 1.54) is 7.05 Å². The first-order valence-corrected chi connectivity index (χ1v) is 4.70. The van der Waals surface area contributed by atoms with Crippen molar-refractivity contribution in [3.05, 3.63) is 0 Å². The molecule has 0 aliphatic rings. The van der Waals surface area contributed by atoms with Gasteiger partial charge in [0.15, 0.2) is 0 Å². The molecule has 1 amide bonds. The van der Waals surface area contributed by atoms with Gasteiger partial charge < -0.3 is 15.2 Å². The highest BCUT2D eigenvalue weighted by Gasteiger charge is 2.14. The maximum Gasteiger partial charge on any atom is 0.407 e. The van der Waals surface area contributed by atoms with Crippen molar-refractivity contribution in [2.45, 2.75) is 45.3 Å². The van der Waals surface area contributed by atoms with Gasteiger partial charge in [-0.3, -0.25) is 0 Å². The highest BCUT2D eigenvalue weighted by molar-refractivity contribution is 5.66. The second kappa shape index (κ2) is 6.71. The number of hydrogen-bond donors (Lipinski definition) is 2. The lowest BCUT2D eigenvalue weighted by atomic mass is 10.1. The number of alkyl carbamates (subject to hydrolysis) is 1. The maximum absolute atomic E-state index is 10.8. The van der Waals surface area contributed by atoms with Crippen molar-refractivity contribution in [2.24, 2.45) is 0 Å². The van der Waals surface area contributed by atoms with E-state index >= 15 is 0 Å². The molecule has 0 saturated carbocycles. The Balaban J connectivity index is 3.81. The van der Waals surface area contributed by atoms with E-state index in [1.54, 1.807) is 0 Å². The zero-order valence-corrected chi connectivity index (χ0v) is 8.54. The summed E-state index contributed by atoms with van der Waals surface area (Å²) in [5, 5.41) is 11.7. The third-order valence-corrected chi connectivity index (χ3v) is 1.94. The average molecular weight is 189 g/mol. The van der Waals surface area contributed by atoms with Crippen molar-refractivity contribution in [3.63, 3.8) is 0 Å². The zero-order chi connectivity index (χ0) is 10.3. The van der Waals surface area contributed by atoms with Gasteiger partial charge in [-0.2, -0.15) is 0 Å². The van der Waals surface area contributed by atoms with E-state index in [4.69, 9.17) is 4.74 Å². The van der Waals surface area contributed by atoms with E-state index < -0.39 is 6.09 Å². The molecule has 2 N–H and O–H groups in total. The van der Waals surface area contributed by atoms with Crippen LogP contribution in [0.4, 0.5) is 4.79 Å². The molecule has 13 heavy (non-hydrogen) atoms. The number of rotatable bonds is 5. The molecule has 0 bridgehead atoms. The fraction of sp³-hybridized carbons (Fsp3) is 0.889. The fourth-order valence-corrected chi connectivity index (χ4v) is 0.979. The van der Waals surface area contributed by atoms with E-state index in [1.807, 2.05) is 13.8 Å². The first kappa shape index (κ1) is 12.2. The Bertz CT molecular complexity index is 150. The molecule has 78 valence electrons. The SMILES string of the molecule is CCC(O)CC(CC)OC(=O)NC. The monoisotopic (exact) mass is 189 g/mol. The summed E-state index contributed by atoms with van der Waals surface area (Å²) in [7, 11) is 1.52. The first-order chi connectivity index (χ1) is 6.13. The van der Waals surface area contributed by atoms with Crippen LogP contribution in [0.2, 0.25) is 0 Å². The molecule has 4 nitrogen and oxygen atoms in total. The summed E-state index contributed by atoms with van der Waals surface area (Å²) in [6.45, 7) is 3.83. The Kier molecular flexibility index (Phi) is 6.32. The summed E-state index contributed by atoms with van der Waals surface area (Å²) in [5.41, 5.74) is 0. The van der Waals surface area contributed by atoms with E-state index in [-0.39, 0.29) is 12.2 Å². The van der Waals surface area contributed by atoms with Crippen molar-refractivity contribution in [2.75, 3.05) is 7.05 Å². The van der Waals surface area contributed by atoms with Crippen LogP contribution in [0.5, 0.6) is 0 Å². The fourth-order valence-electron chi connectivity index (χ4n) is 0.979. The molecular weight excluding hydrogens is 170 g/mol. The molecule has 0 rings (SSSR count). The van der Waals surface area contributed by atoms with Crippen LogP contribution in [0.15, 0.2) is 0 Å². The van der Waals surface area contributed by atoms with Crippen LogP contribution >= 0.6 is 0 Å². The van der Waals surface area contributed by atoms with Gasteiger partial charge in [0.2, 0.25) is 0 Å². The third kappa shape index (κ3) is 5.47. The number of aliphatic hydroxyl groups excluding tert-OH is 1. The van der Waals surface area contributed by atoms with Gasteiger partial charge in [-0.1, -0.05) is 13.8 Å². The minimum Gasteiger partial charge on any atom is -0.446 e. The Morgan fingerprint density at radius 1 is 1.46 bits per heavy atom. The molecule has 0 saturated heterocycles. The summed E-state index contributed by atoms with van der Waals surface area (Å²) >= 11 is 0. The summed E-state index contributed by atoms with van der Waals surface area (Å²) in [6, 6.07) is 0. The van der Waals surface area contributed by atoms with Crippen LogP contribution in [-0.4, -0.2) is 30.5 Å². The Hall–Kier alpha value is -0.770. The predicted octanol–water partition coefficient (Wildman–Crippen LogP) is 1.28. The Labute approximate surface area is 79.3 Å². The van der Waals surface area contributed by atoms with Gasteiger partial charge in [0.05, 0.1) is 6.10 Å². The van der Waals surface area contributed by atoms with Gasteiger partial charge in [-0.25, -0.2) is 4.79 Å². The number of carbonyl (C=O) groups excluding carboxylic acids is 1. The van der Waals surface area contributed by atoms with Crippen LogP contribution in [0.1, 0.15) is 33.1 Å². The molecule has 0 aliphatic heterocycles. The lowest BCUT2D eigenvalue weighted by Crippen LogP contribution is -2.28. The maximum atomic E-state index is 10.8. The standard InChI is InChI=1S/C9H19NO3/c1-4-7(11)6-8(5-2)13-9(12)10-3/h7-8,11H,4-6H2,1-3H3,(H,10,12). The van der Waals surface area contributed by atoms with Crippen LogP contribution in [0.3, 0.4) is 0 Å². The summed E-state index contributed by atoms with van der Waals surface area (Å²) in [6.07, 6.45) is 0.929. The molecule has 2 atom stereocenters.